The van der Waals surface area contributed by atoms with E-state index >= 15 is 0 Å². The van der Waals surface area contributed by atoms with Gasteiger partial charge in [0, 0.05) is 32.6 Å². The molecule has 6 heteroatoms. The monoisotopic (exact) mass is 366 g/mol. The number of carbonyl (C=O) groups is 1. The number of sulfonamides is 1. The minimum Gasteiger partial charge on any atom is -0.340 e. The number of piperazine rings is 1. The van der Waals surface area contributed by atoms with Gasteiger partial charge in [0.1, 0.15) is 0 Å². The van der Waals surface area contributed by atoms with Gasteiger partial charge in [-0.25, -0.2) is 8.42 Å². The second-order valence-electron chi connectivity index (χ2n) is 6.69. The van der Waals surface area contributed by atoms with E-state index < -0.39 is 10.0 Å². The van der Waals surface area contributed by atoms with Gasteiger partial charge in [-0.15, -0.1) is 0 Å². The highest BCUT2D eigenvalue weighted by atomic mass is 32.2. The summed E-state index contributed by atoms with van der Waals surface area (Å²) < 4.78 is 26.6. The number of hydrogen-bond acceptors (Lipinski definition) is 3. The van der Waals surface area contributed by atoms with Crippen LogP contribution in [0.15, 0.2) is 30.3 Å². The number of rotatable bonds is 9. The lowest BCUT2D eigenvalue weighted by atomic mass is 10.1. The Labute approximate surface area is 152 Å². The Morgan fingerprint density at radius 1 is 0.960 bits per heavy atom. The summed E-state index contributed by atoms with van der Waals surface area (Å²) in [6, 6.07) is 9.23. The van der Waals surface area contributed by atoms with E-state index in [-0.39, 0.29) is 11.7 Å². The predicted molar refractivity (Wildman–Crippen MR) is 101 cm³/mol. The van der Waals surface area contributed by atoms with E-state index in [1.165, 1.54) is 23.6 Å². The van der Waals surface area contributed by atoms with E-state index in [1.54, 1.807) is 0 Å². The Morgan fingerprint density at radius 2 is 1.60 bits per heavy atom. The van der Waals surface area contributed by atoms with Crippen LogP contribution < -0.4 is 0 Å². The average molecular weight is 367 g/mol. The Bertz CT molecular complexity index is 623. The molecule has 140 valence electrons. The van der Waals surface area contributed by atoms with Crippen LogP contribution in [0.4, 0.5) is 0 Å². The van der Waals surface area contributed by atoms with Crippen LogP contribution in [0, 0.1) is 0 Å². The van der Waals surface area contributed by atoms with Crippen molar-refractivity contribution in [2.75, 3.05) is 26.2 Å². The van der Waals surface area contributed by atoms with Gasteiger partial charge in [0.2, 0.25) is 15.9 Å². The maximum atomic E-state index is 12.5. The molecular weight excluding hydrogens is 336 g/mol. The summed E-state index contributed by atoms with van der Waals surface area (Å²) in [5.74, 6) is 0.191. The zero-order valence-electron chi connectivity index (χ0n) is 15.2. The van der Waals surface area contributed by atoms with E-state index in [4.69, 9.17) is 0 Å². The van der Waals surface area contributed by atoms with Crippen LogP contribution >= 0.6 is 0 Å². The molecule has 0 N–H and O–H groups in total. The molecular formula is C19H30N2O3S. The van der Waals surface area contributed by atoms with Gasteiger partial charge in [-0.2, -0.15) is 4.31 Å². The van der Waals surface area contributed by atoms with Crippen molar-refractivity contribution in [2.45, 2.75) is 51.2 Å². The van der Waals surface area contributed by atoms with E-state index in [0.29, 0.717) is 32.6 Å². The highest BCUT2D eigenvalue weighted by Gasteiger charge is 2.28. The topological polar surface area (TPSA) is 57.7 Å². The summed E-state index contributed by atoms with van der Waals surface area (Å²) in [5, 5.41) is 0. The fourth-order valence-corrected chi connectivity index (χ4v) is 4.65. The number of amides is 1. The summed E-state index contributed by atoms with van der Waals surface area (Å²) in [4.78, 5) is 14.0. The van der Waals surface area contributed by atoms with Gasteiger partial charge in [0.15, 0.2) is 0 Å². The smallest absolute Gasteiger partial charge is 0.222 e. The number of benzene rings is 1. The fraction of sp³-hybridized carbons (Fsp3) is 0.632. The van der Waals surface area contributed by atoms with Gasteiger partial charge in [-0.05, 0) is 12.0 Å². The quantitative estimate of drug-likeness (QED) is 0.631. The minimum atomic E-state index is -3.32. The molecule has 2 rings (SSSR count). The molecule has 1 fully saturated rings. The van der Waals surface area contributed by atoms with Crippen molar-refractivity contribution >= 4 is 15.9 Å². The standard InChI is InChI=1S/C19H30N2O3S/c1-2-3-4-5-9-12-19(22)20-13-15-21(16-14-20)25(23,24)17-18-10-7-6-8-11-18/h6-8,10-11H,2-5,9,12-17H2,1H3. The lowest BCUT2D eigenvalue weighted by molar-refractivity contribution is -0.132. The normalized spacial score (nSPS) is 16.1. The molecule has 0 aliphatic carbocycles. The van der Waals surface area contributed by atoms with Crippen LogP contribution in [0.2, 0.25) is 0 Å². The van der Waals surface area contributed by atoms with Crippen LogP contribution in [0.5, 0.6) is 0 Å². The largest absolute Gasteiger partial charge is 0.340 e. The molecule has 25 heavy (non-hydrogen) atoms. The Kier molecular flexibility index (Phi) is 7.90. The SMILES string of the molecule is CCCCCCCC(=O)N1CCN(S(=O)(=O)Cc2ccccc2)CC1. The van der Waals surface area contributed by atoms with Gasteiger partial charge in [-0.3, -0.25) is 4.79 Å². The lowest BCUT2D eigenvalue weighted by Crippen LogP contribution is -2.50. The fourth-order valence-electron chi connectivity index (χ4n) is 3.13. The van der Waals surface area contributed by atoms with E-state index in [0.717, 1.165) is 18.4 Å². The third-order valence-corrected chi connectivity index (χ3v) is 6.52. The summed E-state index contributed by atoms with van der Waals surface area (Å²) in [6.07, 6.45) is 6.24. The first-order chi connectivity index (χ1) is 12.0. The van der Waals surface area contributed by atoms with Gasteiger partial charge in [0.25, 0.3) is 0 Å². The van der Waals surface area contributed by atoms with Crippen molar-refractivity contribution in [3.8, 4) is 0 Å². The summed E-state index contributed by atoms with van der Waals surface area (Å²) in [7, 11) is -3.32. The van der Waals surface area contributed by atoms with Gasteiger partial charge < -0.3 is 4.90 Å². The van der Waals surface area contributed by atoms with E-state index in [1.807, 2.05) is 35.2 Å². The van der Waals surface area contributed by atoms with Crippen LogP contribution in [0.25, 0.3) is 0 Å². The molecule has 1 amide bonds. The van der Waals surface area contributed by atoms with Crippen LogP contribution in [0.3, 0.4) is 0 Å². The number of unbranched alkanes of at least 4 members (excludes halogenated alkanes) is 4. The predicted octanol–water partition coefficient (Wildman–Crippen LogP) is 3.02. The van der Waals surface area contributed by atoms with Gasteiger partial charge in [0.05, 0.1) is 5.75 Å². The summed E-state index contributed by atoms with van der Waals surface area (Å²) >= 11 is 0. The second kappa shape index (κ2) is 9.92. The molecule has 1 aliphatic heterocycles. The molecule has 1 aromatic carbocycles. The number of nitrogens with zero attached hydrogens (tertiary/aromatic N) is 2. The molecule has 0 radical (unpaired) electrons. The van der Waals surface area contributed by atoms with Crippen LogP contribution in [-0.4, -0.2) is 49.7 Å². The molecule has 1 aromatic rings. The van der Waals surface area contributed by atoms with Crippen LogP contribution in [-0.2, 0) is 20.6 Å². The first kappa shape index (κ1) is 19.9. The van der Waals surface area contributed by atoms with Crippen molar-refractivity contribution in [1.29, 1.82) is 0 Å². The van der Waals surface area contributed by atoms with Crippen molar-refractivity contribution in [3.63, 3.8) is 0 Å². The first-order valence-corrected chi connectivity index (χ1v) is 10.9. The van der Waals surface area contributed by atoms with Gasteiger partial charge in [-0.1, -0.05) is 62.9 Å². The molecule has 0 saturated carbocycles. The molecule has 0 spiro atoms. The van der Waals surface area contributed by atoms with Crippen molar-refractivity contribution in [1.82, 2.24) is 9.21 Å². The number of carbonyl (C=O) groups excluding carboxylic acids is 1. The molecule has 1 aliphatic rings. The molecule has 1 saturated heterocycles. The molecule has 5 nitrogen and oxygen atoms in total. The van der Waals surface area contributed by atoms with Crippen molar-refractivity contribution in [3.05, 3.63) is 35.9 Å². The number of hydrogen-bond donors (Lipinski definition) is 0. The Hall–Kier alpha value is -1.40. The first-order valence-electron chi connectivity index (χ1n) is 9.32. The van der Waals surface area contributed by atoms with Crippen LogP contribution in [0.1, 0.15) is 51.0 Å². The molecule has 0 unspecified atom stereocenters. The average Bonchev–Trinajstić information content (AvgIpc) is 2.62. The van der Waals surface area contributed by atoms with Gasteiger partial charge >= 0.3 is 0 Å². The van der Waals surface area contributed by atoms with E-state index in [9.17, 15) is 13.2 Å². The second-order valence-corrected chi connectivity index (χ2v) is 8.65. The maximum Gasteiger partial charge on any atom is 0.222 e. The zero-order valence-corrected chi connectivity index (χ0v) is 16.0. The zero-order chi connectivity index (χ0) is 18.1. The highest BCUT2D eigenvalue weighted by Crippen LogP contribution is 2.15. The minimum absolute atomic E-state index is 0.0270. The third-order valence-electron chi connectivity index (χ3n) is 4.67. The maximum absolute atomic E-state index is 12.5. The molecule has 1 heterocycles. The summed E-state index contributed by atoms with van der Waals surface area (Å²) in [5.41, 5.74) is 0.799. The molecule has 0 atom stereocenters. The highest BCUT2D eigenvalue weighted by molar-refractivity contribution is 7.88. The van der Waals surface area contributed by atoms with E-state index in [2.05, 4.69) is 6.92 Å². The molecule has 0 bridgehead atoms. The van der Waals surface area contributed by atoms with Crippen molar-refractivity contribution in [2.24, 2.45) is 0 Å². The lowest BCUT2D eigenvalue weighted by Gasteiger charge is -2.34. The molecule has 0 aromatic heterocycles. The Morgan fingerprint density at radius 3 is 2.24 bits per heavy atom. The third kappa shape index (κ3) is 6.44. The Balaban J connectivity index is 1.75. The van der Waals surface area contributed by atoms with Crippen molar-refractivity contribution < 1.29 is 13.2 Å². The summed E-state index contributed by atoms with van der Waals surface area (Å²) in [6.45, 7) is 3.98.